The molecule has 3 aromatic rings. The van der Waals surface area contributed by atoms with E-state index < -0.39 is 6.04 Å². The van der Waals surface area contributed by atoms with Crippen LogP contribution in [0.25, 0.3) is 0 Å². The van der Waals surface area contributed by atoms with Gasteiger partial charge in [0, 0.05) is 16.8 Å². The molecule has 0 aliphatic heterocycles. The summed E-state index contributed by atoms with van der Waals surface area (Å²) in [7, 11) is 0. The molecule has 0 aromatic heterocycles. The number of amides is 1. The van der Waals surface area contributed by atoms with Crippen molar-refractivity contribution in [2.45, 2.75) is 32.9 Å². The van der Waals surface area contributed by atoms with Gasteiger partial charge in [0.25, 0.3) is 0 Å². The van der Waals surface area contributed by atoms with Gasteiger partial charge in [-0.25, -0.2) is 0 Å². The third-order valence-corrected chi connectivity index (χ3v) is 5.08. The highest BCUT2D eigenvalue weighted by atomic mass is 35.5. The lowest BCUT2D eigenvalue weighted by atomic mass is 10.0. The predicted octanol–water partition coefficient (Wildman–Crippen LogP) is 5.99. The lowest BCUT2D eigenvalue weighted by molar-refractivity contribution is -0.118. The first-order valence-corrected chi connectivity index (χ1v) is 9.76. The predicted molar refractivity (Wildman–Crippen MR) is 117 cm³/mol. The summed E-state index contributed by atoms with van der Waals surface area (Å²) < 4.78 is 0. The Labute approximate surface area is 171 Å². The van der Waals surface area contributed by atoms with E-state index in [9.17, 15) is 4.79 Å². The van der Waals surface area contributed by atoms with Crippen LogP contribution in [0.5, 0.6) is 0 Å². The van der Waals surface area contributed by atoms with Crippen LogP contribution >= 0.6 is 11.6 Å². The number of anilines is 1. The topological polar surface area (TPSA) is 41.1 Å². The van der Waals surface area contributed by atoms with Crippen molar-refractivity contribution in [2.75, 3.05) is 5.32 Å². The number of carbonyl (C=O) groups excluding carboxylic acids is 1. The average Bonchev–Trinajstić information content (AvgIpc) is 2.70. The van der Waals surface area contributed by atoms with Crippen LogP contribution in [0.2, 0.25) is 5.02 Å². The van der Waals surface area contributed by atoms with E-state index in [0.717, 1.165) is 27.9 Å². The SMILES string of the molecule is Cc1ccc(C)c(NC(=O)[C@@H](N[C@@H](C)c2ccc(Cl)cc2)c2ccccc2)c1. The number of aryl methyl sites for hydroxylation is 2. The molecule has 2 atom stereocenters. The highest BCUT2D eigenvalue weighted by Crippen LogP contribution is 2.24. The maximum atomic E-state index is 13.2. The van der Waals surface area contributed by atoms with Crippen molar-refractivity contribution in [3.63, 3.8) is 0 Å². The Morgan fingerprint density at radius 3 is 2.25 bits per heavy atom. The Balaban J connectivity index is 1.85. The van der Waals surface area contributed by atoms with E-state index >= 15 is 0 Å². The number of halogens is 1. The molecule has 3 aromatic carbocycles. The van der Waals surface area contributed by atoms with Gasteiger partial charge in [-0.1, -0.05) is 66.2 Å². The molecule has 0 aliphatic rings. The fourth-order valence-electron chi connectivity index (χ4n) is 3.14. The summed E-state index contributed by atoms with van der Waals surface area (Å²) in [6.45, 7) is 6.06. The number of hydrogen-bond donors (Lipinski definition) is 2. The minimum atomic E-state index is -0.480. The second kappa shape index (κ2) is 9.05. The first kappa shape index (κ1) is 20.1. The Bertz CT molecular complexity index is 939. The second-order valence-corrected chi connectivity index (χ2v) is 7.53. The van der Waals surface area contributed by atoms with E-state index in [1.807, 2.05) is 93.6 Å². The molecule has 0 radical (unpaired) electrons. The van der Waals surface area contributed by atoms with Crippen molar-refractivity contribution < 1.29 is 4.79 Å². The molecule has 144 valence electrons. The maximum absolute atomic E-state index is 13.2. The van der Waals surface area contributed by atoms with Gasteiger partial charge in [0.1, 0.15) is 6.04 Å². The van der Waals surface area contributed by atoms with E-state index in [1.54, 1.807) is 0 Å². The average molecular weight is 393 g/mol. The highest BCUT2D eigenvalue weighted by molar-refractivity contribution is 6.30. The third kappa shape index (κ3) is 5.00. The fourth-order valence-corrected chi connectivity index (χ4v) is 3.27. The van der Waals surface area contributed by atoms with Crippen molar-refractivity contribution in [1.82, 2.24) is 5.32 Å². The van der Waals surface area contributed by atoms with Crippen molar-refractivity contribution >= 4 is 23.2 Å². The van der Waals surface area contributed by atoms with Gasteiger partial charge in [-0.05, 0) is 61.2 Å². The fraction of sp³-hybridized carbons (Fsp3) is 0.208. The second-order valence-electron chi connectivity index (χ2n) is 7.09. The Morgan fingerprint density at radius 1 is 0.893 bits per heavy atom. The number of rotatable bonds is 6. The first-order chi connectivity index (χ1) is 13.4. The van der Waals surface area contributed by atoms with E-state index in [0.29, 0.717) is 5.02 Å². The van der Waals surface area contributed by atoms with Crippen LogP contribution in [-0.4, -0.2) is 5.91 Å². The van der Waals surface area contributed by atoms with Crippen LogP contribution in [0.15, 0.2) is 72.8 Å². The van der Waals surface area contributed by atoms with Crippen LogP contribution in [0.4, 0.5) is 5.69 Å². The smallest absolute Gasteiger partial charge is 0.246 e. The van der Waals surface area contributed by atoms with Crippen molar-refractivity contribution in [3.05, 3.63) is 100 Å². The molecule has 0 fully saturated rings. The molecule has 4 heteroatoms. The van der Waals surface area contributed by atoms with Crippen molar-refractivity contribution in [3.8, 4) is 0 Å². The zero-order valence-corrected chi connectivity index (χ0v) is 17.1. The van der Waals surface area contributed by atoms with Gasteiger partial charge in [0.15, 0.2) is 0 Å². The number of hydrogen-bond acceptors (Lipinski definition) is 2. The molecule has 0 bridgehead atoms. The third-order valence-electron chi connectivity index (χ3n) is 4.83. The lowest BCUT2D eigenvalue weighted by Crippen LogP contribution is -2.34. The molecule has 0 saturated carbocycles. The molecule has 0 spiro atoms. The van der Waals surface area contributed by atoms with E-state index in [4.69, 9.17) is 11.6 Å². The van der Waals surface area contributed by atoms with Gasteiger partial charge in [0.2, 0.25) is 5.91 Å². The molecule has 3 nitrogen and oxygen atoms in total. The van der Waals surface area contributed by atoms with Crippen LogP contribution in [-0.2, 0) is 4.79 Å². The van der Waals surface area contributed by atoms with Gasteiger partial charge in [-0.2, -0.15) is 0 Å². The van der Waals surface area contributed by atoms with Crippen LogP contribution in [0.3, 0.4) is 0 Å². The minimum absolute atomic E-state index is 0.0215. The molecule has 0 saturated heterocycles. The molecule has 0 unspecified atom stereocenters. The molecular weight excluding hydrogens is 368 g/mol. The number of nitrogens with one attached hydrogen (secondary N) is 2. The van der Waals surface area contributed by atoms with Gasteiger partial charge in [-0.15, -0.1) is 0 Å². The number of carbonyl (C=O) groups is 1. The van der Waals surface area contributed by atoms with Gasteiger partial charge < -0.3 is 5.32 Å². The Kier molecular flexibility index (Phi) is 6.50. The summed E-state index contributed by atoms with van der Waals surface area (Å²) in [6.07, 6.45) is 0. The lowest BCUT2D eigenvalue weighted by Gasteiger charge is -2.24. The normalized spacial score (nSPS) is 13.0. The van der Waals surface area contributed by atoms with Crippen molar-refractivity contribution in [1.29, 1.82) is 0 Å². The maximum Gasteiger partial charge on any atom is 0.246 e. The summed E-state index contributed by atoms with van der Waals surface area (Å²) in [5.74, 6) is -0.0827. The zero-order valence-electron chi connectivity index (χ0n) is 16.4. The Morgan fingerprint density at radius 2 is 1.57 bits per heavy atom. The largest absolute Gasteiger partial charge is 0.324 e. The highest BCUT2D eigenvalue weighted by Gasteiger charge is 2.23. The Hall–Kier alpha value is -2.62. The van der Waals surface area contributed by atoms with Crippen LogP contribution in [0, 0.1) is 13.8 Å². The minimum Gasteiger partial charge on any atom is -0.324 e. The molecule has 2 N–H and O–H groups in total. The molecule has 1 amide bonds. The van der Waals surface area contributed by atoms with Gasteiger partial charge in [0.05, 0.1) is 0 Å². The van der Waals surface area contributed by atoms with Crippen LogP contribution in [0.1, 0.15) is 41.3 Å². The van der Waals surface area contributed by atoms with E-state index in [2.05, 4.69) is 10.6 Å². The molecule has 0 aliphatic carbocycles. The van der Waals surface area contributed by atoms with Gasteiger partial charge in [-0.3, -0.25) is 10.1 Å². The van der Waals surface area contributed by atoms with Gasteiger partial charge >= 0.3 is 0 Å². The first-order valence-electron chi connectivity index (χ1n) is 9.38. The van der Waals surface area contributed by atoms with E-state index in [-0.39, 0.29) is 11.9 Å². The zero-order chi connectivity index (χ0) is 20.1. The standard InChI is InChI=1S/C24H25ClN2O/c1-16-9-10-17(2)22(15-16)27-24(28)23(20-7-5-4-6-8-20)26-18(3)19-11-13-21(25)14-12-19/h4-15,18,23,26H,1-3H3,(H,27,28)/t18-,23-/m0/s1. The molecular formula is C24H25ClN2O. The quantitative estimate of drug-likeness (QED) is 0.541. The number of benzene rings is 3. The summed E-state index contributed by atoms with van der Waals surface area (Å²) in [5, 5.41) is 7.26. The van der Waals surface area contributed by atoms with E-state index in [1.165, 1.54) is 0 Å². The molecule has 3 rings (SSSR count). The van der Waals surface area contributed by atoms with Crippen molar-refractivity contribution in [2.24, 2.45) is 0 Å². The summed E-state index contributed by atoms with van der Waals surface area (Å²) >= 11 is 6.00. The monoisotopic (exact) mass is 392 g/mol. The summed E-state index contributed by atoms with van der Waals surface area (Å²) in [6, 6.07) is 23.0. The summed E-state index contributed by atoms with van der Waals surface area (Å²) in [5.41, 5.74) is 4.99. The van der Waals surface area contributed by atoms with Crippen LogP contribution < -0.4 is 10.6 Å². The molecule has 0 heterocycles. The summed E-state index contributed by atoms with van der Waals surface area (Å²) in [4.78, 5) is 13.2. The molecule has 28 heavy (non-hydrogen) atoms.